The van der Waals surface area contributed by atoms with Crippen LogP contribution in [0.15, 0.2) is 65.8 Å². The lowest BCUT2D eigenvalue weighted by molar-refractivity contribution is 0.0733. The Bertz CT molecular complexity index is 1140. The molecule has 170 valence electrons. The van der Waals surface area contributed by atoms with Gasteiger partial charge in [0.05, 0.1) is 33.1 Å². The van der Waals surface area contributed by atoms with Crippen LogP contribution in [0.1, 0.15) is 26.3 Å². The molecule has 33 heavy (non-hydrogen) atoms. The van der Waals surface area contributed by atoms with Gasteiger partial charge >= 0.3 is 5.97 Å². The fourth-order valence-electron chi connectivity index (χ4n) is 2.82. The van der Waals surface area contributed by atoms with Crippen molar-refractivity contribution < 1.29 is 32.9 Å². The van der Waals surface area contributed by atoms with Crippen molar-refractivity contribution in [1.82, 2.24) is 5.43 Å². The third kappa shape index (κ3) is 5.85. The molecule has 0 aromatic heterocycles. The van der Waals surface area contributed by atoms with Crippen molar-refractivity contribution in [3.8, 4) is 23.0 Å². The minimum atomic E-state index is -0.609. The minimum absolute atomic E-state index is 0.221. The molecule has 0 aliphatic carbocycles. The van der Waals surface area contributed by atoms with E-state index in [1.807, 2.05) is 0 Å². The summed E-state index contributed by atoms with van der Waals surface area (Å²) in [6.07, 6.45) is 1.42. The van der Waals surface area contributed by atoms with Gasteiger partial charge in [-0.2, -0.15) is 5.10 Å². The molecule has 3 aromatic rings. The number of nitrogens with zero attached hydrogens (tertiary/aromatic N) is 1. The van der Waals surface area contributed by atoms with Gasteiger partial charge in [0.25, 0.3) is 5.91 Å². The second kappa shape index (κ2) is 10.8. The maximum Gasteiger partial charge on any atom is 0.343 e. The molecule has 0 spiro atoms. The van der Waals surface area contributed by atoms with E-state index in [1.54, 1.807) is 24.3 Å². The molecule has 1 N–H and O–H groups in total. The maximum atomic E-state index is 12.9. The van der Waals surface area contributed by atoms with Gasteiger partial charge in [0, 0.05) is 5.56 Å². The lowest BCUT2D eigenvalue weighted by Gasteiger charge is -2.13. The Morgan fingerprint density at radius 1 is 0.848 bits per heavy atom. The first-order valence-electron chi connectivity index (χ1n) is 9.66. The number of hydrogen-bond acceptors (Lipinski definition) is 7. The number of benzene rings is 3. The van der Waals surface area contributed by atoms with E-state index in [9.17, 15) is 14.0 Å². The highest BCUT2D eigenvalue weighted by Crippen LogP contribution is 2.38. The van der Waals surface area contributed by atoms with Crippen LogP contribution >= 0.6 is 0 Å². The van der Waals surface area contributed by atoms with Crippen molar-refractivity contribution in [3.63, 3.8) is 0 Å². The van der Waals surface area contributed by atoms with Crippen LogP contribution in [-0.2, 0) is 0 Å². The molecule has 0 aliphatic rings. The number of carbonyl (C=O) groups is 2. The number of hydrogen-bond donors (Lipinski definition) is 1. The average molecular weight is 452 g/mol. The van der Waals surface area contributed by atoms with Crippen LogP contribution in [-0.4, -0.2) is 39.4 Å². The van der Waals surface area contributed by atoms with Crippen molar-refractivity contribution in [3.05, 3.63) is 83.2 Å². The first-order chi connectivity index (χ1) is 15.9. The zero-order valence-electron chi connectivity index (χ0n) is 18.1. The zero-order chi connectivity index (χ0) is 23.8. The molecule has 9 heteroatoms. The number of esters is 1. The number of ether oxygens (including phenoxy) is 4. The Hall–Kier alpha value is -4.40. The molecule has 0 fully saturated rings. The van der Waals surface area contributed by atoms with Crippen LogP contribution in [0.5, 0.6) is 23.0 Å². The van der Waals surface area contributed by atoms with Crippen LogP contribution in [0.3, 0.4) is 0 Å². The van der Waals surface area contributed by atoms with Gasteiger partial charge in [-0.25, -0.2) is 14.6 Å². The topological polar surface area (TPSA) is 95.5 Å². The molecule has 0 heterocycles. The Morgan fingerprint density at radius 2 is 1.45 bits per heavy atom. The number of halogens is 1. The number of carbonyl (C=O) groups excluding carboxylic acids is 2. The summed E-state index contributed by atoms with van der Waals surface area (Å²) in [5.74, 6) is -0.172. The molecule has 0 radical (unpaired) electrons. The highest BCUT2D eigenvalue weighted by molar-refractivity contribution is 5.95. The van der Waals surface area contributed by atoms with Gasteiger partial charge < -0.3 is 18.9 Å². The van der Waals surface area contributed by atoms with Crippen LogP contribution < -0.4 is 24.4 Å². The van der Waals surface area contributed by atoms with Crippen LogP contribution in [0, 0.1) is 5.82 Å². The molecule has 0 aliphatic heterocycles. The molecule has 3 rings (SSSR count). The Morgan fingerprint density at radius 3 is 2.00 bits per heavy atom. The first kappa shape index (κ1) is 23.3. The molecular weight excluding hydrogens is 431 g/mol. The van der Waals surface area contributed by atoms with E-state index >= 15 is 0 Å². The van der Waals surface area contributed by atoms with E-state index in [4.69, 9.17) is 18.9 Å². The number of amides is 1. The summed E-state index contributed by atoms with van der Waals surface area (Å²) in [5.41, 5.74) is 3.51. The first-order valence-corrected chi connectivity index (χ1v) is 9.66. The number of hydrazone groups is 1. The molecule has 0 bridgehead atoms. The van der Waals surface area contributed by atoms with E-state index in [2.05, 4.69) is 10.5 Å². The normalized spacial score (nSPS) is 10.5. The second-order valence-corrected chi connectivity index (χ2v) is 6.58. The predicted octanol–water partition coefficient (Wildman–Crippen LogP) is 3.83. The molecule has 0 atom stereocenters. The predicted molar refractivity (Wildman–Crippen MR) is 119 cm³/mol. The standard InChI is InChI=1S/C24H21FN2O6/c1-30-20-12-17(13-21(31-2)22(20)32-3)24(29)33-19-10-4-15(5-11-19)14-26-27-23(28)16-6-8-18(25)9-7-16/h4-14H,1-3H3,(H,27,28)/b26-14+. The Balaban J connectivity index is 1.63. The highest BCUT2D eigenvalue weighted by atomic mass is 19.1. The van der Waals surface area contributed by atoms with Crippen molar-refractivity contribution in [1.29, 1.82) is 0 Å². The molecule has 8 nitrogen and oxygen atoms in total. The summed E-state index contributed by atoms with van der Waals surface area (Å²) < 4.78 is 34.1. The molecule has 1 amide bonds. The Labute approximate surface area is 189 Å². The fraction of sp³-hybridized carbons (Fsp3) is 0.125. The number of nitrogens with one attached hydrogen (secondary N) is 1. The summed E-state index contributed by atoms with van der Waals surface area (Å²) in [6.45, 7) is 0. The quantitative estimate of drug-likeness (QED) is 0.242. The van der Waals surface area contributed by atoms with Gasteiger partial charge in [-0.3, -0.25) is 4.79 Å². The van der Waals surface area contributed by atoms with E-state index in [-0.39, 0.29) is 11.1 Å². The maximum absolute atomic E-state index is 12.9. The average Bonchev–Trinajstić information content (AvgIpc) is 2.84. The van der Waals surface area contributed by atoms with Gasteiger partial charge in [0.1, 0.15) is 11.6 Å². The summed E-state index contributed by atoms with van der Waals surface area (Å²) in [5, 5.41) is 3.87. The van der Waals surface area contributed by atoms with Crippen molar-refractivity contribution >= 4 is 18.1 Å². The largest absolute Gasteiger partial charge is 0.493 e. The molecule has 0 saturated heterocycles. The van der Waals surface area contributed by atoms with Crippen molar-refractivity contribution in [2.45, 2.75) is 0 Å². The summed E-state index contributed by atoms with van der Waals surface area (Å²) in [4.78, 5) is 24.5. The van der Waals surface area contributed by atoms with E-state index < -0.39 is 17.7 Å². The van der Waals surface area contributed by atoms with Crippen LogP contribution in [0.25, 0.3) is 0 Å². The zero-order valence-corrected chi connectivity index (χ0v) is 18.1. The van der Waals surface area contributed by atoms with Gasteiger partial charge in [-0.1, -0.05) is 0 Å². The molecule has 3 aromatic carbocycles. The molecule has 0 unspecified atom stereocenters. The summed E-state index contributed by atoms with van der Waals surface area (Å²) >= 11 is 0. The fourth-order valence-corrected chi connectivity index (χ4v) is 2.82. The van der Waals surface area contributed by atoms with E-state index in [1.165, 1.54) is 63.9 Å². The monoisotopic (exact) mass is 452 g/mol. The number of methoxy groups -OCH3 is 3. The lowest BCUT2D eigenvalue weighted by atomic mass is 10.2. The SMILES string of the molecule is COc1cc(C(=O)Oc2ccc(/C=N/NC(=O)c3ccc(F)cc3)cc2)cc(OC)c1OC. The van der Waals surface area contributed by atoms with Crippen molar-refractivity contribution in [2.75, 3.05) is 21.3 Å². The van der Waals surface area contributed by atoms with E-state index in [0.717, 1.165) is 0 Å². The third-order valence-corrected chi connectivity index (χ3v) is 4.48. The minimum Gasteiger partial charge on any atom is -0.493 e. The van der Waals surface area contributed by atoms with Crippen LogP contribution in [0.4, 0.5) is 4.39 Å². The molecular formula is C24H21FN2O6. The molecule has 0 saturated carbocycles. The van der Waals surface area contributed by atoms with E-state index in [0.29, 0.717) is 28.6 Å². The smallest absolute Gasteiger partial charge is 0.343 e. The van der Waals surface area contributed by atoms with Gasteiger partial charge in [-0.05, 0) is 66.2 Å². The van der Waals surface area contributed by atoms with Crippen molar-refractivity contribution in [2.24, 2.45) is 5.10 Å². The summed E-state index contributed by atoms with van der Waals surface area (Å²) in [6, 6.07) is 14.6. The van der Waals surface area contributed by atoms with Gasteiger partial charge in [0.2, 0.25) is 5.75 Å². The van der Waals surface area contributed by atoms with Gasteiger partial charge in [-0.15, -0.1) is 0 Å². The highest BCUT2D eigenvalue weighted by Gasteiger charge is 2.18. The third-order valence-electron chi connectivity index (χ3n) is 4.48. The lowest BCUT2D eigenvalue weighted by Crippen LogP contribution is -2.17. The van der Waals surface area contributed by atoms with Crippen LogP contribution in [0.2, 0.25) is 0 Å². The second-order valence-electron chi connectivity index (χ2n) is 6.58. The van der Waals surface area contributed by atoms with Gasteiger partial charge in [0.15, 0.2) is 11.5 Å². The number of rotatable bonds is 8. The Kier molecular flexibility index (Phi) is 7.59. The summed E-state index contributed by atoms with van der Waals surface area (Å²) in [7, 11) is 4.38.